The molecule has 1 N–H and O–H groups in total. The zero-order chi connectivity index (χ0) is 17.7. The van der Waals surface area contributed by atoms with Gasteiger partial charge >= 0.3 is 6.18 Å². The van der Waals surface area contributed by atoms with E-state index in [1.165, 1.54) is 18.2 Å². The van der Waals surface area contributed by atoms with Crippen molar-refractivity contribution < 1.29 is 18.0 Å². The molecule has 0 unspecified atom stereocenters. The van der Waals surface area contributed by atoms with E-state index in [1.807, 2.05) is 13.1 Å². The molecule has 2 rings (SSSR count). The Morgan fingerprint density at radius 3 is 2.67 bits per heavy atom. The maximum absolute atomic E-state index is 12.9. The van der Waals surface area contributed by atoms with Crippen LogP contribution in [0.15, 0.2) is 36.7 Å². The van der Waals surface area contributed by atoms with Gasteiger partial charge < -0.3 is 5.32 Å². The van der Waals surface area contributed by atoms with Gasteiger partial charge in [-0.05, 0) is 26.1 Å². The molecule has 0 aliphatic carbocycles. The second-order valence-electron chi connectivity index (χ2n) is 5.47. The number of amides is 1. The van der Waals surface area contributed by atoms with E-state index < -0.39 is 17.6 Å². The Labute approximate surface area is 138 Å². The number of anilines is 1. The first-order valence-corrected chi connectivity index (χ1v) is 7.45. The van der Waals surface area contributed by atoms with Gasteiger partial charge in [0.05, 0.1) is 24.0 Å². The highest BCUT2D eigenvalue weighted by atomic mass is 19.4. The lowest BCUT2D eigenvalue weighted by molar-refractivity contribution is -0.137. The molecule has 24 heavy (non-hydrogen) atoms. The number of nitrogens with one attached hydrogen (secondary N) is 1. The van der Waals surface area contributed by atoms with Crippen LogP contribution in [0.2, 0.25) is 0 Å². The SMILES string of the molecule is CCn1cc(CN(C)CC(=O)Nc2ccccc2C(F)(F)F)cn1. The molecule has 0 atom stereocenters. The van der Waals surface area contributed by atoms with E-state index in [-0.39, 0.29) is 12.2 Å². The van der Waals surface area contributed by atoms with E-state index in [9.17, 15) is 18.0 Å². The quantitative estimate of drug-likeness (QED) is 0.879. The zero-order valence-corrected chi connectivity index (χ0v) is 13.5. The summed E-state index contributed by atoms with van der Waals surface area (Å²) in [5, 5.41) is 6.47. The third kappa shape index (κ3) is 4.82. The van der Waals surface area contributed by atoms with Gasteiger partial charge in [0.15, 0.2) is 0 Å². The van der Waals surface area contributed by atoms with E-state index in [1.54, 1.807) is 22.8 Å². The van der Waals surface area contributed by atoms with E-state index in [4.69, 9.17) is 0 Å². The fourth-order valence-electron chi connectivity index (χ4n) is 2.30. The van der Waals surface area contributed by atoms with Crippen LogP contribution in [0.4, 0.5) is 18.9 Å². The summed E-state index contributed by atoms with van der Waals surface area (Å²) in [5.74, 6) is -0.503. The van der Waals surface area contributed by atoms with Gasteiger partial charge in [0.2, 0.25) is 5.91 Å². The van der Waals surface area contributed by atoms with E-state index >= 15 is 0 Å². The second-order valence-corrected chi connectivity index (χ2v) is 5.47. The Kier molecular flexibility index (Phi) is 5.61. The molecule has 1 aromatic heterocycles. The minimum Gasteiger partial charge on any atom is -0.324 e. The number of carbonyl (C=O) groups is 1. The standard InChI is InChI=1S/C16H19F3N4O/c1-3-23-10-12(8-20-23)9-22(2)11-15(24)21-14-7-5-4-6-13(14)16(17,18)19/h4-8,10H,3,9,11H2,1-2H3,(H,21,24). The lowest BCUT2D eigenvalue weighted by Gasteiger charge is -2.17. The van der Waals surface area contributed by atoms with Gasteiger partial charge in [-0.1, -0.05) is 12.1 Å². The molecule has 130 valence electrons. The number of halogens is 3. The molecule has 0 saturated heterocycles. The summed E-state index contributed by atoms with van der Waals surface area (Å²) in [6.07, 6.45) is -0.936. The Hall–Kier alpha value is -2.35. The van der Waals surface area contributed by atoms with Crippen LogP contribution in [0.5, 0.6) is 0 Å². The Balaban J connectivity index is 1.96. The molecule has 8 heteroatoms. The fourth-order valence-corrected chi connectivity index (χ4v) is 2.30. The van der Waals surface area contributed by atoms with Crippen LogP contribution in [0.25, 0.3) is 0 Å². The average molecular weight is 340 g/mol. The summed E-state index contributed by atoms with van der Waals surface area (Å²) in [4.78, 5) is 13.7. The number of alkyl halides is 3. The molecule has 0 saturated carbocycles. The first kappa shape index (κ1) is 18.0. The average Bonchev–Trinajstić information content (AvgIpc) is 2.93. The fraction of sp³-hybridized carbons (Fsp3) is 0.375. The molecule has 0 fully saturated rings. The van der Waals surface area contributed by atoms with Crippen LogP contribution in [0, 0.1) is 0 Å². The molecule has 0 spiro atoms. The zero-order valence-electron chi connectivity index (χ0n) is 13.5. The topological polar surface area (TPSA) is 50.2 Å². The predicted octanol–water partition coefficient (Wildman–Crippen LogP) is 2.99. The predicted molar refractivity (Wildman–Crippen MR) is 84.3 cm³/mol. The summed E-state index contributed by atoms with van der Waals surface area (Å²) in [5.41, 5.74) is -0.157. The van der Waals surface area contributed by atoms with Crippen LogP contribution < -0.4 is 5.32 Å². The number of aryl methyl sites for hydroxylation is 1. The molecule has 0 aliphatic rings. The van der Waals surface area contributed by atoms with Crippen LogP contribution in [-0.2, 0) is 24.1 Å². The molecule has 0 radical (unpaired) electrons. The number of rotatable bonds is 6. The number of likely N-dealkylation sites (N-methyl/N-ethyl adjacent to an activating group) is 1. The number of benzene rings is 1. The maximum atomic E-state index is 12.9. The number of hydrogen-bond acceptors (Lipinski definition) is 3. The van der Waals surface area contributed by atoms with Crippen molar-refractivity contribution in [3.8, 4) is 0 Å². The summed E-state index contributed by atoms with van der Waals surface area (Å²) < 4.78 is 40.5. The first-order valence-electron chi connectivity index (χ1n) is 7.45. The van der Waals surface area contributed by atoms with Gasteiger partial charge in [-0.15, -0.1) is 0 Å². The van der Waals surface area contributed by atoms with Crippen molar-refractivity contribution in [2.24, 2.45) is 0 Å². The Bertz CT molecular complexity index is 697. The normalized spacial score (nSPS) is 11.8. The summed E-state index contributed by atoms with van der Waals surface area (Å²) in [7, 11) is 1.72. The molecule has 1 aromatic carbocycles. The summed E-state index contributed by atoms with van der Waals surface area (Å²) in [6, 6.07) is 4.92. The van der Waals surface area contributed by atoms with Crippen molar-refractivity contribution in [2.45, 2.75) is 26.2 Å². The number of para-hydroxylation sites is 1. The molecule has 0 aliphatic heterocycles. The number of aromatic nitrogens is 2. The Morgan fingerprint density at radius 1 is 1.33 bits per heavy atom. The van der Waals surface area contributed by atoms with Gasteiger partial charge in [0.25, 0.3) is 0 Å². The highest BCUT2D eigenvalue weighted by Crippen LogP contribution is 2.34. The molecule has 2 aromatic rings. The lowest BCUT2D eigenvalue weighted by atomic mass is 10.1. The van der Waals surface area contributed by atoms with Gasteiger partial charge in [0.1, 0.15) is 0 Å². The van der Waals surface area contributed by atoms with Crippen molar-refractivity contribution in [2.75, 3.05) is 18.9 Å². The molecular formula is C16H19F3N4O. The molecule has 0 bridgehead atoms. The molecule has 1 amide bonds. The van der Waals surface area contributed by atoms with Crippen LogP contribution in [0.1, 0.15) is 18.1 Å². The van der Waals surface area contributed by atoms with Gasteiger partial charge in [-0.3, -0.25) is 14.4 Å². The second kappa shape index (κ2) is 7.48. The monoisotopic (exact) mass is 340 g/mol. The smallest absolute Gasteiger partial charge is 0.324 e. The minimum atomic E-state index is -4.51. The van der Waals surface area contributed by atoms with E-state index in [0.717, 1.165) is 18.2 Å². The third-order valence-corrected chi connectivity index (χ3v) is 3.38. The van der Waals surface area contributed by atoms with Crippen molar-refractivity contribution in [1.82, 2.24) is 14.7 Å². The van der Waals surface area contributed by atoms with Gasteiger partial charge in [0, 0.05) is 24.8 Å². The van der Waals surface area contributed by atoms with Crippen molar-refractivity contribution in [3.05, 3.63) is 47.8 Å². The summed E-state index contributed by atoms with van der Waals surface area (Å²) >= 11 is 0. The van der Waals surface area contributed by atoms with Gasteiger partial charge in [-0.2, -0.15) is 18.3 Å². The Morgan fingerprint density at radius 2 is 2.04 bits per heavy atom. The summed E-state index contributed by atoms with van der Waals surface area (Å²) in [6.45, 7) is 3.17. The van der Waals surface area contributed by atoms with Crippen LogP contribution in [0.3, 0.4) is 0 Å². The number of carbonyl (C=O) groups excluding carboxylic acids is 1. The molecular weight excluding hydrogens is 321 g/mol. The van der Waals surface area contributed by atoms with Crippen molar-refractivity contribution in [1.29, 1.82) is 0 Å². The largest absolute Gasteiger partial charge is 0.418 e. The van der Waals surface area contributed by atoms with E-state index in [0.29, 0.717) is 6.54 Å². The van der Waals surface area contributed by atoms with Gasteiger partial charge in [-0.25, -0.2) is 0 Å². The highest BCUT2D eigenvalue weighted by molar-refractivity contribution is 5.93. The molecule has 1 heterocycles. The molecule has 5 nitrogen and oxygen atoms in total. The lowest BCUT2D eigenvalue weighted by Crippen LogP contribution is -2.30. The van der Waals surface area contributed by atoms with Crippen LogP contribution in [-0.4, -0.2) is 34.2 Å². The van der Waals surface area contributed by atoms with E-state index in [2.05, 4.69) is 10.4 Å². The number of hydrogen-bond donors (Lipinski definition) is 1. The first-order chi connectivity index (χ1) is 11.3. The van der Waals surface area contributed by atoms with Crippen molar-refractivity contribution >= 4 is 11.6 Å². The minimum absolute atomic E-state index is 0.0243. The highest BCUT2D eigenvalue weighted by Gasteiger charge is 2.33. The maximum Gasteiger partial charge on any atom is 0.418 e. The number of nitrogens with zero attached hydrogens (tertiary/aromatic N) is 3. The third-order valence-electron chi connectivity index (χ3n) is 3.38. The van der Waals surface area contributed by atoms with Crippen LogP contribution >= 0.6 is 0 Å². The van der Waals surface area contributed by atoms with Crippen molar-refractivity contribution in [3.63, 3.8) is 0 Å².